The molecule has 0 spiro atoms. The Morgan fingerprint density at radius 1 is 0.944 bits per heavy atom. The van der Waals surface area contributed by atoms with Crippen molar-refractivity contribution in [2.24, 2.45) is 11.8 Å². The molecule has 0 bridgehead atoms. The zero-order valence-corrected chi connectivity index (χ0v) is 31.6. The molecule has 2 amide bonds. The van der Waals surface area contributed by atoms with Crippen molar-refractivity contribution in [3.63, 3.8) is 0 Å². The van der Waals surface area contributed by atoms with Crippen LogP contribution < -0.4 is 15.4 Å². The molecule has 5 N–H and O–H groups in total. The van der Waals surface area contributed by atoms with E-state index in [1.54, 1.807) is 24.3 Å². The summed E-state index contributed by atoms with van der Waals surface area (Å²) in [4.78, 5) is 43.7. The third-order valence-corrected chi connectivity index (χ3v) is 11.0. The molecule has 2 aliphatic heterocycles. The molecule has 16 nitrogen and oxygen atoms in total. The van der Waals surface area contributed by atoms with Crippen molar-refractivity contribution in [2.75, 3.05) is 38.0 Å². The fraction of sp³-hybridized carbons (Fsp3) is 0.444. The van der Waals surface area contributed by atoms with Crippen LogP contribution in [-0.2, 0) is 46.6 Å². The standard InChI is InChI=1S/C36H46N3O13PS/c1-24(2)19-39(54(46,47)29-14-12-28(13-15-29)51-23-53(43,44)45)20-32(40)31(38-36(42)52-33-22-49-34-30(33)16-17-48-34)18-25-8-10-27(11-9-25)37-35(41)50-21-26-6-4-3-5-7-26/h3-15,24,30-34,40H,16-23H2,1-2H3,(H,37,41)(H,38,42)(H2,43,44,45)/t30-,31-,32+,33-,34+/m0/s1. The van der Waals surface area contributed by atoms with Crippen LogP contribution in [0, 0.1) is 11.8 Å². The smallest absolute Gasteiger partial charge is 0.411 e. The second kappa shape index (κ2) is 18.5. The maximum absolute atomic E-state index is 13.9. The van der Waals surface area contributed by atoms with Crippen molar-refractivity contribution in [3.05, 3.63) is 90.0 Å². The van der Waals surface area contributed by atoms with Crippen LogP contribution in [0.1, 0.15) is 31.4 Å². The summed E-state index contributed by atoms with van der Waals surface area (Å²) in [7, 11) is -8.67. The highest BCUT2D eigenvalue weighted by Crippen LogP contribution is 2.35. The highest BCUT2D eigenvalue weighted by atomic mass is 32.2. The van der Waals surface area contributed by atoms with Gasteiger partial charge in [-0.3, -0.25) is 9.88 Å². The second-order valence-corrected chi connectivity index (χ2v) is 17.0. The summed E-state index contributed by atoms with van der Waals surface area (Å²) in [5, 5.41) is 17.0. The van der Waals surface area contributed by atoms with E-state index in [2.05, 4.69) is 10.6 Å². The molecule has 3 aromatic carbocycles. The Hall–Kier alpha value is -4.06. The normalized spacial score (nSPS) is 19.6. The number of amides is 2. The number of carbonyl (C=O) groups excluding carboxylic acids is 2. The highest BCUT2D eigenvalue weighted by Gasteiger charge is 2.44. The van der Waals surface area contributed by atoms with Crippen LogP contribution in [0.3, 0.4) is 0 Å². The number of aliphatic hydroxyl groups is 1. The van der Waals surface area contributed by atoms with Crippen molar-refractivity contribution in [1.29, 1.82) is 0 Å². The van der Waals surface area contributed by atoms with Crippen LogP contribution in [0.5, 0.6) is 5.75 Å². The molecule has 3 aromatic rings. The third-order valence-electron chi connectivity index (χ3n) is 8.70. The molecule has 5 atom stereocenters. The number of ether oxygens (including phenoxy) is 5. The fourth-order valence-corrected chi connectivity index (χ4v) is 7.98. The van der Waals surface area contributed by atoms with E-state index in [4.69, 9.17) is 33.5 Å². The van der Waals surface area contributed by atoms with Gasteiger partial charge in [-0.1, -0.05) is 56.3 Å². The van der Waals surface area contributed by atoms with Gasteiger partial charge in [0.25, 0.3) is 0 Å². The Balaban J connectivity index is 1.29. The van der Waals surface area contributed by atoms with Gasteiger partial charge in [-0.05, 0) is 66.3 Å². The highest BCUT2D eigenvalue weighted by molar-refractivity contribution is 7.89. The SMILES string of the molecule is CC(C)CN(C[C@@H](O)[C@H](Cc1ccc(NC(=O)OCc2ccccc2)cc1)NC(=O)O[C@H]1CO[C@H]2OCC[C@H]21)S(=O)(=O)c1ccc(OCP(=O)(O)O)cc1. The molecule has 2 saturated heterocycles. The van der Waals surface area contributed by atoms with Crippen molar-refractivity contribution in [2.45, 2.75) is 62.7 Å². The van der Waals surface area contributed by atoms with E-state index < -0.39 is 67.2 Å². The van der Waals surface area contributed by atoms with Crippen LogP contribution in [-0.4, -0.2) is 97.0 Å². The number of nitrogens with one attached hydrogen (secondary N) is 2. The molecular weight excluding hydrogens is 745 g/mol. The molecular formula is C36H46N3O13PS. The molecule has 2 aliphatic rings. The predicted octanol–water partition coefficient (Wildman–Crippen LogP) is 4.06. The summed E-state index contributed by atoms with van der Waals surface area (Å²) in [6.07, 6.45) is -4.05. The van der Waals surface area contributed by atoms with Gasteiger partial charge in [0.05, 0.1) is 36.2 Å². The van der Waals surface area contributed by atoms with Crippen molar-refractivity contribution >= 4 is 35.5 Å². The van der Waals surface area contributed by atoms with Crippen LogP contribution >= 0.6 is 7.60 Å². The van der Waals surface area contributed by atoms with Gasteiger partial charge in [0.2, 0.25) is 10.0 Å². The number of hydrogen-bond donors (Lipinski definition) is 5. The van der Waals surface area contributed by atoms with Crippen molar-refractivity contribution in [1.82, 2.24) is 9.62 Å². The minimum Gasteiger partial charge on any atom is -0.481 e. The average molecular weight is 792 g/mol. The van der Waals surface area contributed by atoms with Gasteiger partial charge in [-0.25, -0.2) is 18.0 Å². The number of benzene rings is 3. The average Bonchev–Trinajstić information content (AvgIpc) is 3.75. The van der Waals surface area contributed by atoms with E-state index in [0.29, 0.717) is 24.3 Å². The molecule has 2 heterocycles. The minimum atomic E-state index is -4.45. The zero-order chi connectivity index (χ0) is 38.9. The minimum absolute atomic E-state index is 0.0240. The molecule has 0 saturated carbocycles. The monoisotopic (exact) mass is 791 g/mol. The van der Waals surface area contributed by atoms with E-state index in [1.165, 1.54) is 24.3 Å². The molecule has 0 unspecified atom stereocenters. The van der Waals surface area contributed by atoms with Gasteiger partial charge < -0.3 is 43.9 Å². The molecule has 0 aromatic heterocycles. The first-order valence-electron chi connectivity index (χ1n) is 17.4. The number of aliphatic hydroxyl groups excluding tert-OH is 1. The van der Waals surface area contributed by atoms with Crippen LogP contribution in [0.25, 0.3) is 0 Å². The largest absolute Gasteiger partial charge is 0.481 e. The zero-order valence-electron chi connectivity index (χ0n) is 29.9. The Morgan fingerprint density at radius 2 is 1.65 bits per heavy atom. The number of alkyl carbamates (subject to hydrolysis) is 1. The quantitative estimate of drug-likeness (QED) is 0.122. The van der Waals surface area contributed by atoms with Gasteiger partial charge in [0.15, 0.2) is 12.6 Å². The number of anilines is 1. The number of hydrogen-bond acceptors (Lipinski definition) is 11. The van der Waals surface area contributed by atoms with Crippen LogP contribution in [0.4, 0.5) is 15.3 Å². The number of rotatable bonds is 17. The molecule has 294 valence electrons. The first kappa shape index (κ1) is 41.1. The van der Waals surface area contributed by atoms with E-state index in [9.17, 15) is 27.7 Å². The summed E-state index contributed by atoms with van der Waals surface area (Å²) >= 11 is 0. The molecule has 0 radical (unpaired) electrons. The first-order valence-corrected chi connectivity index (χ1v) is 20.6. The second-order valence-electron chi connectivity index (χ2n) is 13.5. The molecule has 5 rings (SSSR count). The summed E-state index contributed by atoms with van der Waals surface area (Å²) in [5.41, 5.74) is 1.93. The summed E-state index contributed by atoms with van der Waals surface area (Å²) < 4.78 is 67.3. The van der Waals surface area contributed by atoms with E-state index >= 15 is 0 Å². The van der Waals surface area contributed by atoms with Gasteiger partial charge in [-0.15, -0.1) is 0 Å². The maximum atomic E-state index is 13.9. The van der Waals surface area contributed by atoms with E-state index in [0.717, 1.165) is 9.87 Å². The Bertz CT molecular complexity index is 1840. The van der Waals surface area contributed by atoms with Gasteiger partial charge in [0.1, 0.15) is 18.5 Å². The summed E-state index contributed by atoms with van der Waals surface area (Å²) in [6.45, 7) is 3.99. The Morgan fingerprint density at radius 3 is 2.31 bits per heavy atom. The number of sulfonamides is 1. The topological polar surface area (TPSA) is 219 Å². The molecule has 18 heteroatoms. The van der Waals surface area contributed by atoms with Gasteiger partial charge in [0, 0.05) is 18.8 Å². The lowest BCUT2D eigenvalue weighted by atomic mass is 10.0. The van der Waals surface area contributed by atoms with E-state index in [1.807, 2.05) is 44.2 Å². The summed E-state index contributed by atoms with van der Waals surface area (Å²) in [6, 6.07) is 19.9. The molecule has 2 fully saturated rings. The Kier molecular flexibility index (Phi) is 14.1. The number of fused-ring (bicyclic) bond motifs is 1. The van der Waals surface area contributed by atoms with Crippen molar-refractivity contribution < 1.29 is 61.1 Å². The van der Waals surface area contributed by atoms with Gasteiger partial charge in [-0.2, -0.15) is 4.31 Å². The van der Waals surface area contributed by atoms with Crippen LogP contribution in [0.2, 0.25) is 0 Å². The first-order chi connectivity index (χ1) is 25.7. The maximum Gasteiger partial charge on any atom is 0.411 e. The molecule has 54 heavy (non-hydrogen) atoms. The summed E-state index contributed by atoms with van der Waals surface area (Å²) in [5.74, 6) is -0.222. The van der Waals surface area contributed by atoms with Crippen molar-refractivity contribution in [3.8, 4) is 5.75 Å². The lowest BCUT2D eigenvalue weighted by Gasteiger charge is -2.31. The van der Waals surface area contributed by atoms with Crippen LogP contribution in [0.15, 0.2) is 83.8 Å². The number of nitrogens with zero attached hydrogens (tertiary/aromatic N) is 1. The Labute approximate surface area is 313 Å². The lowest BCUT2D eigenvalue weighted by molar-refractivity contribution is -0.0907. The lowest BCUT2D eigenvalue weighted by Crippen LogP contribution is -2.51. The number of carbonyl (C=O) groups is 2. The van der Waals surface area contributed by atoms with Gasteiger partial charge >= 0.3 is 19.8 Å². The molecule has 0 aliphatic carbocycles. The predicted molar refractivity (Wildman–Crippen MR) is 195 cm³/mol. The fourth-order valence-electron chi connectivity index (χ4n) is 6.04. The van der Waals surface area contributed by atoms with E-state index in [-0.39, 0.29) is 48.7 Å². The third kappa shape index (κ3) is 12.0.